The van der Waals surface area contributed by atoms with Gasteiger partial charge in [-0.25, -0.2) is 4.79 Å². The lowest BCUT2D eigenvalue weighted by atomic mass is 9.83. The normalized spacial score (nSPS) is 28.9. The summed E-state index contributed by atoms with van der Waals surface area (Å²) in [5.74, 6) is 0.687. The van der Waals surface area contributed by atoms with E-state index in [2.05, 4.69) is 13.5 Å². The van der Waals surface area contributed by atoms with Crippen LogP contribution in [0.15, 0.2) is 12.7 Å². The third kappa shape index (κ3) is 4.85. The summed E-state index contributed by atoms with van der Waals surface area (Å²) < 4.78 is 11.2. The Morgan fingerprint density at radius 1 is 1.48 bits per heavy atom. The highest BCUT2D eigenvalue weighted by Gasteiger charge is 2.46. The first-order valence-electron chi connectivity index (χ1n) is 7.60. The molecule has 0 aromatic rings. The predicted octanol–water partition coefficient (Wildman–Crippen LogP) is 3.35. The summed E-state index contributed by atoms with van der Waals surface area (Å²) in [6.45, 7) is 9.84. The predicted molar refractivity (Wildman–Crippen MR) is 85.2 cm³/mol. The van der Waals surface area contributed by atoms with E-state index in [1.807, 2.05) is 6.92 Å². The average Bonchev–Trinajstić information content (AvgIpc) is 2.43. The van der Waals surface area contributed by atoms with Crippen molar-refractivity contribution in [2.75, 3.05) is 12.4 Å². The monoisotopic (exact) mass is 314 g/mol. The van der Waals surface area contributed by atoms with Gasteiger partial charge in [0.1, 0.15) is 0 Å². The molecule has 4 nitrogen and oxygen atoms in total. The van der Waals surface area contributed by atoms with Crippen LogP contribution in [0.3, 0.4) is 0 Å². The molecule has 0 spiro atoms. The molecule has 0 aromatic carbocycles. The van der Waals surface area contributed by atoms with Crippen molar-refractivity contribution in [2.24, 2.45) is 5.92 Å². The van der Waals surface area contributed by atoms with Crippen LogP contribution in [0.1, 0.15) is 46.5 Å². The van der Waals surface area contributed by atoms with E-state index in [0.29, 0.717) is 25.9 Å². The van der Waals surface area contributed by atoms with Gasteiger partial charge in [0.15, 0.2) is 10.7 Å². The Kier molecular flexibility index (Phi) is 7.46. The molecule has 0 bridgehead atoms. The fraction of sp³-hybridized carbons (Fsp3) is 0.750. The van der Waals surface area contributed by atoms with Gasteiger partial charge in [-0.3, -0.25) is 4.79 Å². The number of carbonyl (C=O) groups is 2. The Hall–Kier alpha value is -0.810. The zero-order valence-electron chi connectivity index (χ0n) is 13.2. The molecule has 3 atom stereocenters. The summed E-state index contributed by atoms with van der Waals surface area (Å²) in [4.78, 5) is 24.2. The molecule has 0 N–H and O–H groups in total. The molecule has 21 heavy (non-hydrogen) atoms. The molecule has 0 radical (unpaired) electrons. The molecular formula is C16H26O4S. The molecule has 1 heterocycles. The largest absolute Gasteiger partial charge is 0.464 e. The van der Waals surface area contributed by atoms with Gasteiger partial charge in [0.25, 0.3) is 0 Å². The number of hydrogen-bond donors (Lipinski definition) is 0. The Morgan fingerprint density at radius 2 is 2.19 bits per heavy atom. The Morgan fingerprint density at radius 3 is 2.76 bits per heavy atom. The van der Waals surface area contributed by atoms with Crippen LogP contribution in [0, 0.1) is 5.92 Å². The number of ether oxygens (including phenoxy) is 2. The summed E-state index contributed by atoms with van der Waals surface area (Å²) in [6, 6.07) is 0. The van der Waals surface area contributed by atoms with Crippen LogP contribution < -0.4 is 0 Å². The second-order valence-electron chi connectivity index (χ2n) is 5.39. The van der Waals surface area contributed by atoms with Gasteiger partial charge in [-0.2, -0.15) is 0 Å². The van der Waals surface area contributed by atoms with E-state index in [1.54, 1.807) is 13.0 Å². The standard InChI is InChI=1S/C16H26O4S/c1-5-9-16(15(18)19-6-2)10-8-12(4)13(20-16)11-14(17)21-7-3/h5,12-13H,1,6-11H2,2-4H3/t12?,13?,16-/m1/s1. The third-order valence-corrected chi connectivity index (χ3v) is 4.59. The lowest BCUT2D eigenvalue weighted by Gasteiger charge is -2.41. The number of rotatable bonds is 7. The van der Waals surface area contributed by atoms with Crippen molar-refractivity contribution in [1.82, 2.24) is 0 Å². The van der Waals surface area contributed by atoms with Crippen molar-refractivity contribution in [3.8, 4) is 0 Å². The highest BCUT2D eigenvalue weighted by atomic mass is 32.2. The molecule has 1 rings (SSSR count). The third-order valence-electron chi connectivity index (χ3n) is 3.81. The minimum atomic E-state index is -0.966. The summed E-state index contributed by atoms with van der Waals surface area (Å²) in [5, 5.41) is 0.118. The minimum absolute atomic E-state index is 0.118. The van der Waals surface area contributed by atoms with Crippen LogP contribution in [-0.2, 0) is 19.1 Å². The number of thioether (sulfide) groups is 1. The molecular weight excluding hydrogens is 288 g/mol. The second kappa shape index (κ2) is 8.59. The van der Waals surface area contributed by atoms with E-state index in [4.69, 9.17) is 9.47 Å². The molecule has 120 valence electrons. The maximum Gasteiger partial charge on any atom is 0.338 e. The fourth-order valence-corrected chi connectivity index (χ4v) is 3.22. The maximum absolute atomic E-state index is 12.3. The van der Waals surface area contributed by atoms with Crippen molar-refractivity contribution in [1.29, 1.82) is 0 Å². The Labute approximate surface area is 131 Å². The highest BCUT2D eigenvalue weighted by Crippen LogP contribution is 2.38. The smallest absolute Gasteiger partial charge is 0.338 e. The van der Waals surface area contributed by atoms with Crippen LogP contribution in [0.5, 0.6) is 0 Å². The van der Waals surface area contributed by atoms with E-state index >= 15 is 0 Å². The zero-order chi connectivity index (χ0) is 15.9. The molecule has 1 aliphatic heterocycles. The molecule has 1 aliphatic rings. The first-order valence-corrected chi connectivity index (χ1v) is 8.59. The molecule has 1 fully saturated rings. The van der Waals surface area contributed by atoms with Crippen LogP contribution in [-0.4, -0.2) is 35.1 Å². The lowest BCUT2D eigenvalue weighted by molar-refractivity contribution is -0.196. The van der Waals surface area contributed by atoms with Gasteiger partial charge in [0, 0.05) is 12.8 Å². The van der Waals surface area contributed by atoms with E-state index in [0.717, 1.165) is 12.2 Å². The van der Waals surface area contributed by atoms with Gasteiger partial charge in [-0.15, -0.1) is 6.58 Å². The van der Waals surface area contributed by atoms with Gasteiger partial charge in [0.05, 0.1) is 12.7 Å². The average molecular weight is 314 g/mol. The van der Waals surface area contributed by atoms with Gasteiger partial charge >= 0.3 is 5.97 Å². The molecule has 5 heteroatoms. The summed E-state index contributed by atoms with van der Waals surface area (Å²) in [5.41, 5.74) is -0.966. The molecule has 2 unspecified atom stereocenters. The van der Waals surface area contributed by atoms with Crippen LogP contribution in [0.2, 0.25) is 0 Å². The number of carbonyl (C=O) groups excluding carboxylic acids is 2. The van der Waals surface area contributed by atoms with Gasteiger partial charge < -0.3 is 9.47 Å². The topological polar surface area (TPSA) is 52.6 Å². The first kappa shape index (κ1) is 18.2. The van der Waals surface area contributed by atoms with E-state index in [9.17, 15) is 9.59 Å². The van der Waals surface area contributed by atoms with Crippen LogP contribution >= 0.6 is 11.8 Å². The highest BCUT2D eigenvalue weighted by molar-refractivity contribution is 8.13. The molecule has 1 saturated heterocycles. The van der Waals surface area contributed by atoms with E-state index < -0.39 is 5.60 Å². The fourth-order valence-electron chi connectivity index (χ4n) is 2.62. The Balaban J connectivity index is 2.84. The van der Waals surface area contributed by atoms with Crippen LogP contribution in [0.25, 0.3) is 0 Å². The van der Waals surface area contributed by atoms with Crippen LogP contribution in [0.4, 0.5) is 0 Å². The minimum Gasteiger partial charge on any atom is -0.464 e. The zero-order valence-corrected chi connectivity index (χ0v) is 14.0. The van der Waals surface area contributed by atoms with Crippen molar-refractivity contribution in [3.63, 3.8) is 0 Å². The van der Waals surface area contributed by atoms with E-state index in [-0.39, 0.29) is 23.1 Å². The van der Waals surface area contributed by atoms with Crippen molar-refractivity contribution in [2.45, 2.75) is 58.2 Å². The molecule has 0 aliphatic carbocycles. The van der Waals surface area contributed by atoms with Gasteiger partial charge in [-0.05, 0) is 31.4 Å². The first-order chi connectivity index (χ1) is 9.99. The number of esters is 1. The quantitative estimate of drug-likeness (QED) is 0.533. The molecule has 0 aromatic heterocycles. The lowest BCUT2D eigenvalue weighted by Crippen LogP contribution is -2.50. The molecule has 0 amide bonds. The molecule has 0 saturated carbocycles. The maximum atomic E-state index is 12.3. The summed E-state index contributed by atoms with van der Waals surface area (Å²) in [7, 11) is 0. The SMILES string of the molecule is C=CC[C@]1(C(=O)OCC)CCC(C)C(CC(=O)SCC)O1. The van der Waals surface area contributed by atoms with Crippen molar-refractivity contribution in [3.05, 3.63) is 12.7 Å². The van der Waals surface area contributed by atoms with Crippen molar-refractivity contribution >= 4 is 22.8 Å². The van der Waals surface area contributed by atoms with Gasteiger partial charge in [-0.1, -0.05) is 31.7 Å². The summed E-state index contributed by atoms with van der Waals surface area (Å²) in [6.07, 6.45) is 3.69. The van der Waals surface area contributed by atoms with Gasteiger partial charge in [0.2, 0.25) is 0 Å². The second-order valence-corrected chi connectivity index (χ2v) is 6.71. The number of hydrogen-bond acceptors (Lipinski definition) is 5. The Bertz CT molecular complexity index is 382. The summed E-state index contributed by atoms with van der Waals surface area (Å²) >= 11 is 1.30. The van der Waals surface area contributed by atoms with Crippen molar-refractivity contribution < 1.29 is 19.1 Å². The van der Waals surface area contributed by atoms with E-state index in [1.165, 1.54) is 11.8 Å².